The van der Waals surface area contributed by atoms with Gasteiger partial charge in [0.05, 0.1) is 6.54 Å². The van der Waals surface area contributed by atoms with Crippen molar-refractivity contribution in [2.24, 2.45) is 0 Å². The summed E-state index contributed by atoms with van der Waals surface area (Å²) in [5.74, 6) is 2.76. The van der Waals surface area contributed by atoms with Crippen LogP contribution in [-0.2, 0) is 10.5 Å². The molecule has 0 saturated heterocycles. The number of benzene rings is 1. The third-order valence-electron chi connectivity index (χ3n) is 3.20. The maximum atomic E-state index is 12.0. The maximum absolute atomic E-state index is 12.0. The summed E-state index contributed by atoms with van der Waals surface area (Å²) in [5.41, 5.74) is 2.73. The number of thiazole rings is 1. The van der Waals surface area contributed by atoms with Gasteiger partial charge in [0.2, 0.25) is 5.91 Å². The predicted molar refractivity (Wildman–Crippen MR) is 102 cm³/mol. The van der Waals surface area contributed by atoms with Crippen LogP contribution in [0.25, 0.3) is 0 Å². The van der Waals surface area contributed by atoms with E-state index < -0.39 is 0 Å². The Bertz CT molecular complexity index is 763. The maximum Gasteiger partial charge on any atom is 0.251 e. The summed E-state index contributed by atoms with van der Waals surface area (Å²) in [7, 11) is 0. The highest BCUT2D eigenvalue weighted by atomic mass is 32.2. The number of hydrogen-bond acceptors (Lipinski definition) is 5. The summed E-state index contributed by atoms with van der Waals surface area (Å²) in [6, 6.07) is 7.44. The Morgan fingerprint density at radius 1 is 1.28 bits per heavy atom. The van der Waals surface area contributed by atoms with Gasteiger partial charge in [-0.15, -0.1) is 17.8 Å². The lowest BCUT2D eigenvalue weighted by atomic mass is 10.1. The standard InChI is InChI=1S/C18H19N3O2S2/c1-3-9-19-16(22)8-10-20-17(23)15-6-4-14(5-7-15)12-25-18-21-13(2)11-24-18/h1,4-7,11H,8-10,12H2,2H3,(H,19,22)(H,20,23). The van der Waals surface area contributed by atoms with Crippen molar-refractivity contribution in [1.82, 2.24) is 15.6 Å². The lowest BCUT2D eigenvalue weighted by molar-refractivity contribution is -0.120. The van der Waals surface area contributed by atoms with E-state index in [1.165, 1.54) is 0 Å². The topological polar surface area (TPSA) is 71.1 Å². The Hall–Kier alpha value is -2.30. The van der Waals surface area contributed by atoms with Crippen molar-refractivity contribution in [3.63, 3.8) is 0 Å². The number of terminal acetylenes is 1. The second-order valence-electron chi connectivity index (χ2n) is 5.23. The molecule has 130 valence electrons. The second-order valence-corrected chi connectivity index (χ2v) is 7.31. The van der Waals surface area contributed by atoms with Crippen molar-refractivity contribution in [2.75, 3.05) is 13.1 Å². The quantitative estimate of drug-likeness (QED) is 0.551. The van der Waals surface area contributed by atoms with Crippen LogP contribution in [0.1, 0.15) is 28.0 Å². The summed E-state index contributed by atoms with van der Waals surface area (Å²) < 4.78 is 1.04. The molecule has 0 unspecified atom stereocenters. The van der Waals surface area contributed by atoms with Gasteiger partial charge in [-0.3, -0.25) is 9.59 Å². The van der Waals surface area contributed by atoms with Crippen LogP contribution in [0.5, 0.6) is 0 Å². The number of thioether (sulfide) groups is 1. The molecule has 0 saturated carbocycles. The molecule has 0 radical (unpaired) electrons. The number of carbonyl (C=O) groups excluding carboxylic acids is 2. The average Bonchev–Trinajstić information content (AvgIpc) is 3.04. The number of hydrogen-bond donors (Lipinski definition) is 2. The van der Waals surface area contributed by atoms with Crippen LogP contribution in [0.4, 0.5) is 0 Å². The highest BCUT2D eigenvalue weighted by Crippen LogP contribution is 2.26. The first-order valence-corrected chi connectivity index (χ1v) is 9.57. The summed E-state index contributed by atoms with van der Waals surface area (Å²) in [5, 5.41) is 7.30. The van der Waals surface area contributed by atoms with Gasteiger partial charge < -0.3 is 10.6 Å². The first-order valence-electron chi connectivity index (χ1n) is 7.70. The third-order valence-corrected chi connectivity index (χ3v) is 5.41. The summed E-state index contributed by atoms with van der Waals surface area (Å²) in [4.78, 5) is 27.8. The van der Waals surface area contributed by atoms with Gasteiger partial charge in [-0.25, -0.2) is 4.98 Å². The summed E-state index contributed by atoms with van der Waals surface area (Å²) in [6.45, 7) is 2.45. The molecule has 1 aromatic carbocycles. The van der Waals surface area contributed by atoms with Crippen LogP contribution in [-0.4, -0.2) is 29.9 Å². The number of nitrogens with zero attached hydrogens (tertiary/aromatic N) is 1. The second kappa shape index (κ2) is 9.87. The minimum atomic E-state index is -0.195. The molecule has 2 N–H and O–H groups in total. The molecule has 1 heterocycles. The monoisotopic (exact) mass is 373 g/mol. The van der Waals surface area contributed by atoms with E-state index in [1.807, 2.05) is 24.4 Å². The smallest absolute Gasteiger partial charge is 0.251 e. The molecule has 0 spiro atoms. The van der Waals surface area contributed by atoms with Gasteiger partial charge in [0.25, 0.3) is 5.91 Å². The summed E-state index contributed by atoms with van der Waals surface area (Å²) >= 11 is 3.32. The van der Waals surface area contributed by atoms with E-state index in [-0.39, 0.29) is 31.3 Å². The molecular formula is C18H19N3O2S2. The molecule has 7 heteroatoms. The van der Waals surface area contributed by atoms with Crippen LogP contribution in [0, 0.1) is 19.3 Å². The Morgan fingerprint density at radius 2 is 2.04 bits per heavy atom. The van der Waals surface area contributed by atoms with Crippen molar-refractivity contribution in [1.29, 1.82) is 0 Å². The number of carbonyl (C=O) groups is 2. The first kappa shape index (κ1) is 19.0. The number of rotatable bonds is 8. The Kier molecular flexibility index (Phi) is 7.51. The molecule has 2 amide bonds. The van der Waals surface area contributed by atoms with Crippen molar-refractivity contribution in [2.45, 2.75) is 23.4 Å². The van der Waals surface area contributed by atoms with Crippen molar-refractivity contribution in [3.8, 4) is 12.3 Å². The number of aryl methyl sites for hydroxylation is 1. The van der Waals surface area contributed by atoms with Gasteiger partial charge in [0.1, 0.15) is 4.34 Å². The first-order chi connectivity index (χ1) is 12.1. The fourth-order valence-electron chi connectivity index (χ4n) is 1.93. The van der Waals surface area contributed by atoms with E-state index >= 15 is 0 Å². The molecule has 2 rings (SSSR count). The van der Waals surface area contributed by atoms with Crippen molar-refractivity contribution < 1.29 is 9.59 Å². The van der Waals surface area contributed by atoms with Crippen LogP contribution in [0.2, 0.25) is 0 Å². The Morgan fingerprint density at radius 3 is 2.68 bits per heavy atom. The van der Waals surface area contributed by atoms with Crippen LogP contribution < -0.4 is 10.6 Å². The van der Waals surface area contributed by atoms with Gasteiger partial charge in [0, 0.05) is 35.4 Å². The molecule has 0 fully saturated rings. The lowest BCUT2D eigenvalue weighted by Crippen LogP contribution is -2.30. The van der Waals surface area contributed by atoms with Gasteiger partial charge in [-0.1, -0.05) is 29.8 Å². The molecule has 0 atom stereocenters. The van der Waals surface area contributed by atoms with E-state index in [4.69, 9.17) is 6.42 Å². The molecule has 25 heavy (non-hydrogen) atoms. The van der Waals surface area contributed by atoms with E-state index in [0.717, 1.165) is 21.3 Å². The van der Waals surface area contributed by atoms with E-state index in [0.29, 0.717) is 5.56 Å². The number of aromatic nitrogens is 1. The van der Waals surface area contributed by atoms with E-state index in [1.54, 1.807) is 35.2 Å². The predicted octanol–water partition coefficient (Wildman–Crippen LogP) is 2.61. The molecule has 0 aliphatic carbocycles. The van der Waals surface area contributed by atoms with Gasteiger partial charge in [-0.05, 0) is 24.6 Å². The molecular weight excluding hydrogens is 354 g/mol. The van der Waals surface area contributed by atoms with Crippen molar-refractivity contribution in [3.05, 3.63) is 46.5 Å². The number of amides is 2. The highest BCUT2D eigenvalue weighted by Gasteiger charge is 2.07. The lowest BCUT2D eigenvalue weighted by Gasteiger charge is -2.06. The summed E-state index contributed by atoms with van der Waals surface area (Å²) in [6.07, 6.45) is 5.26. The molecule has 1 aromatic heterocycles. The van der Waals surface area contributed by atoms with Crippen LogP contribution in [0.3, 0.4) is 0 Å². The molecule has 5 nitrogen and oxygen atoms in total. The Balaban J connectivity index is 1.75. The van der Waals surface area contributed by atoms with Gasteiger partial charge in [-0.2, -0.15) is 0 Å². The number of nitrogens with one attached hydrogen (secondary N) is 2. The van der Waals surface area contributed by atoms with Gasteiger partial charge >= 0.3 is 0 Å². The van der Waals surface area contributed by atoms with E-state index in [2.05, 4.69) is 21.5 Å². The molecule has 0 aliphatic heterocycles. The van der Waals surface area contributed by atoms with Crippen LogP contribution >= 0.6 is 23.1 Å². The van der Waals surface area contributed by atoms with E-state index in [9.17, 15) is 9.59 Å². The minimum absolute atomic E-state index is 0.178. The highest BCUT2D eigenvalue weighted by molar-refractivity contribution is 8.00. The van der Waals surface area contributed by atoms with Crippen molar-refractivity contribution >= 4 is 34.9 Å². The Labute approximate surface area is 155 Å². The SMILES string of the molecule is C#CCNC(=O)CCNC(=O)c1ccc(CSc2nc(C)cs2)cc1. The normalized spacial score (nSPS) is 10.1. The zero-order valence-corrected chi connectivity index (χ0v) is 15.5. The largest absolute Gasteiger partial charge is 0.352 e. The fourth-order valence-corrected chi connectivity index (χ4v) is 3.73. The van der Waals surface area contributed by atoms with Crippen LogP contribution in [0.15, 0.2) is 34.0 Å². The average molecular weight is 374 g/mol. The zero-order valence-electron chi connectivity index (χ0n) is 13.9. The fraction of sp³-hybridized carbons (Fsp3) is 0.278. The zero-order chi connectivity index (χ0) is 18.1. The third kappa shape index (κ3) is 6.61. The van der Waals surface area contributed by atoms with Gasteiger partial charge in [0.15, 0.2) is 0 Å². The molecule has 0 aliphatic rings. The molecule has 2 aromatic rings. The minimum Gasteiger partial charge on any atom is -0.352 e. The molecule has 0 bridgehead atoms.